The Morgan fingerprint density at radius 2 is 1.90 bits per heavy atom. The summed E-state index contributed by atoms with van der Waals surface area (Å²) in [5, 5.41) is 3.54. The minimum absolute atomic E-state index is 0.384. The van der Waals surface area contributed by atoms with Crippen LogP contribution in [0.25, 0.3) is 0 Å². The molecule has 1 heterocycles. The molecular weight excluding hydrogens is 246 g/mol. The highest BCUT2D eigenvalue weighted by Crippen LogP contribution is 2.13. The molecular formula is C17H23N3. The number of anilines is 1. The Hall–Kier alpha value is -1.87. The van der Waals surface area contributed by atoms with E-state index in [-0.39, 0.29) is 0 Å². The SMILES string of the molecule is CCNC(Cc1ccc(C)cc1)Cc1cccnc1N. The normalized spacial score (nSPS) is 12.3. The van der Waals surface area contributed by atoms with Crippen LogP contribution in [-0.4, -0.2) is 17.6 Å². The molecule has 3 nitrogen and oxygen atoms in total. The number of aryl methyl sites for hydroxylation is 1. The van der Waals surface area contributed by atoms with Crippen molar-refractivity contribution in [3.05, 3.63) is 59.3 Å². The maximum Gasteiger partial charge on any atom is 0.126 e. The minimum Gasteiger partial charge on any atom is -0.383 e. The average molecular weight is 269 g/mol. The van der Waals surface area contributed by atoms with Crippen LogP contribution in [0.2, 0.25) is 0 Å². The van der Waals surface area contributed by atoms with Gasteiger partial charge in [-0.2, -0.15) is 0 Å². The number of nitrogens with two attached hydrogens (primary N) is 1. The van der Waals surface area contributed by atoms with E-state index in [2.05, 4.69) is 54.5 Å². The van der Waals surface area contributed by atoms with Gasteiger partial charge >= 0.3 is 0 Å². The second-order valence-corrected chi connectivity index (χ2v) is 5.20. The van der Waals surface area contributed by atoms with E-state index in [4.69, 9.17) is 5.73 Å². The first-order valence-corrected chi connectivity index (χ1v) is 7.17. The van der Waals surface area contributed by atoms with Crippen LogP contribution < -0.4 is 11.1 Å². The maximum absolute atomic E-state index is 5.94. The Labute approximate surface area is 121 Å². The summed E-state index contributed by atoms with van der Waals surface area (Å²) in [4.78, 5) is 4.16. The molecule has 1 aromatic heterocycles. The van der Waals surface area contributed by atoms with Gasteiger partial charge in [0, 0.05) is 12.2 Å². The summed E-state index contributed by atoms with van der Waals surface area (Å²) in [6, 6.07) is 13.1. The summed E-state index contributed by atoms with van der Waals surface area (Å²) in [5.74, 6) is 0.638. The molecule has 0 bridgehead atoms. The van der Waals surface area contributed by atoms with Gasteiger partial charge in [-0.3, -0.25) is 0 Å². The highest BCUT2D eigenvalue weighted by molar-refractivity contribution is 5.39. The molecule has 106 valence electrons. The third-order valence-corrected chi connectivity index (χ3v) is 3.49. The van der Waals surface area contributed by atoms with Crippen LogP contribution in [-0.2, 0) is 12.8 Å². The number of likely N-dealkylation sites (N-methyl/N-ethyl adjacent to an activating group) is 1. The molecule has 2 rings (SSSR count). The Balaban J connectivity index is 2.07. The van der Waals surface area contributed by atoms with Crippen LogP contribution >= 0.6 is 0 Å². The minimum atomic E-state index is 0.384. The fourth-order valence-corrected chi connectivity index (χ4v) is 2.40. The van der Waals surface area contributed by atoms with E-state index in [1.54, 1.807) is 6.20 Å². The topological polar surface area (TPSA) is 50.9 Å². The van der Waals surface area contributed by atoms with E-state index in [9.17, 15) is 0 Å². The summed E-state index contributed by atoms with van der Waals surface area (Å²) in [7, 11) is 0. The number of nitrogens with zero attached hydrogens (tertiary/aromatic N) is 1. The lowest BCUT2D eigenvalue weighted by Crippen LogP contribution is -2.33. The van der Waals surface area contributed by atoms with Crippen LogP contribution in [0, 0.1) is 6.92 Å². The first kappa shape index (κ1) is 14.5. The van der Waals surface area contributed by atoms with Gasteiger partial charge in [-0.1, -0.05) is 42.8 Å². The Morgan fingerprint density at radius 3 is 2.55 bits per heavy atom. The van der Waals surface area contributed by atoms with Crippen LogP contribution in [0.15, 0.2) is 42.6 Å². The first-order chi connectivity index (χ1) is 9.69. The summed E-state index contributed by atoms with van der Waals surface area (Å²) < 4.78 is 0. The van der Waals surface area contributed by atoms with Crippen molar-refractivity contribution in [3.63, 3.8) is 0 Å². The Kier molecular flexibility index (Phi) is 5.13. The molecule has 1 unspecified atom stereocenters. The van der Waals surface area contributed by atoms with Gasteiger partial charge in [-0.05, 0) is 43.5 Å². The number of rotatable bonds is 6. The van der Waals surface area contributed by atoms with Gasteiger partial charge in [0.1, 0.15) is 5.82 Å². The van der Waals surface area contributed by atoms with E-state index < -0.39 is 0 Å². The lowest BCUT2D eigenvalue weighted by Gasteiger charge is -2.19. The van der Waals surface area contributed by atoms with Crippen molar-refractivity contribution in [3.8, 4) is 0 Å². The molecule has 0 spiro atoms. The van der Waals surface area contributed by atoms with Gasteiger partial charge in [-0.15, -0.1) is 0 Å². The van der Waals surface area contributed by atoms with Gasteiger partial charge in [0.25, 0.3) is 0 Å². The van der Waals surface area contributed by atoms with E-state index >= 15 is 0 Å². The smallest absolute Gasteiger partial charge is 0.126 e. The number of pyridine rings is 1. The van der Waals surface area contributed by atoms with Crippen molar-refractivity contribution < 1.29 is 0 Å². The van der Waals surface area contributed by atoms with Gasteiger partial charge in [0.15, 0.2) is 0 Å². The quantitative estimate of drug-likeness (QED) is 0.848. The molecule has 0 aliphatic carbocycles. The fraction of sp³-hybridized carbons (Fsp3) is 0.353. The van der Waals surface area contributed by atoms with E-state index in [0.29, 0.717) is 11.9 Å². The summed E-state index contributed by atoms with van der Waals surface area (Å²) in [6.07, 6.45) is 3.64. The van der Waals surface area contributed by atoms with Crippen LogP contribution in [0.3, 0.4) is 0 Å². The summed E-state index contributed by atoms with van der Waals surface area (Å²) in [5.41, 5.74) is 9.70. The molecule has 0 saturated carbocycles. The largest absolute Gasteiger partial charge is 0.383 e. The van der Waals surface area contributed by atoms with Crippen molar-refractivity contribution in [1.82, 2.24) is 10.3 Å². The number of hydrogen-bond donors (Lipinski definition) is 2. The second kappa shape index (κ2) is 7.06. The standard InChI is InChI=1S/C17H23N3/c1-3-19-16(11-14-8-6-13(2)7-9-14)12-15-5-4-10-20-17(15)18/h4-10,16,19H,3,11-12H2,1-2H3,(H2,18,20). The lowest BCUT2D eigenvalue weighted by molar-refractivity contribution is 0.521. The number of benzene rings is 1. The second-order valence-electron chi connectivity index (χ2n) is 5.20. The van der Waals surface area contributed by atoms with Crippen LogP contribution in [0.1, 0.15) is 23.6 Å². The molecule has 2 aromatic rings. The van der Waals surface area contributed by atoms with Crippen LogP contribution in [0.5, 0.6) is 0 Å². The Morgan fingerprint density at radius 1 is 1.15 bits per heavy atom. The molecule has 1 aromatic carbocycles. The molecule has 3 heteroatoms. The van der Waals surface area contributed by atoms with Crippen molar-refractivity contribution >= 4 is 5.82 Å². The highest BCUT2D eigenvalue weighted by Gasteiger charge is 2.11. The van der Waals surface area contributed by atoms with E-state index in [1.807, 2.05) is 6.07 Å². The zero-order valence-electron chi connectivity index (χ0n) is 12.3. The molecule has 0 fully saturated rings. The lowest BCUT2D eigenvalue weighted by atomic mass is 9.98. The monoisotopic (exact) mass is 269 g/mol. The third-order valence-electron chi connectivity index (χ3n) is 3.49. The molecule has 0 saturated heterocycles. The molecule has 0 aliphatic heterocycles. The predicted molar refractivity (Wildman–Crippen MR) is 84.7 cm³/mol. The highest BCUT2D eigenvalue weighted by atomic mass is 14.9. The zero-order chi connectivity index (χ0) is 14.4. The van der Waals surface area contributed by atoms with Gasteiger partial charge in [-0.25, -0.2) is 4.98 Å². The molecule has 3 N–H and O–H groups in total. The van der Waals surface area contributed by atoms with Crippen molar-refractivity contribution in [2.75, 3.05) is 12.3 Å². The number of nitrogen functional groups attached to an aromatic ring is 1. The summed E-state index contributed by atoms with van der Waals surface area (Å²) >= 11 is 0. The van der Waals surface area contributed by atoms with Crippen molar-refractivity contribution in [2.45, 2.75) is 32.7 Å². The van der Waals surface area contributed by atoms with E-state index in [1.165, 1.54) is 11.1 Å². The van der Waals surface area contributed by atoms with Crippen LogP contribution in [0.4, 0.5) is 5.82 Å². The predicted octanol–water partition coefficient (Wildman–Crippen LogP) is 2.74. The molecule has 0 aliphatic rings. The Bertz CT molecular complexity index is 534. The van der Waals surface area contributed by atoms with Gasteiger partial charge in [0.05, 0.1) is 0 Å². The van der Waals surface area contributed by atoms with Gasteiger partial charge < -0.3 is 11.1 Å². The maximum atomic E-state index is 5.94. The van der Waals surface area contributed by atoms with Crippen molar-refractivity contribution in [2.24, 2.45) is 0 Å². The molecule has 20 heavy (non-hydrogen) atoms. The van der Waals surface area contributed by atoms with E-state index in [0.717, 1.165) is 24.9 Å². The fourth-order valence-electron chi connectivity index (χ4n) is 2.40. The molecule has 0 amide bonds. The first-order valence-electron chi connectivity index (χ1n) is 7.17. The van der Waals surface area contributed by atoms with Gasteiger partial charge in [0.2, 0.25) is 0 Å². The molecule has 1 atom stereocenters. The van der Waals surface area contributed by atoms with Crippen molar-refractivity contribution in [1.29, 1.82) is 0 Å². The summed E-state index contributed by atoms with van der Waals surface area (Å²) in [6.45, 7) is 5.20. The third kappa shape index (κ3) is 4.07. The number of aromatic nitrogens is 1. The number of nitrogens with one attached hydrogen (secondary N) is 1. The zero-order valence-corrected chi connectivity index (χ0v) is 12.3. The molecule has 0 radical (unpaired) electrons. The average Bonchev–Trinajstić information content (AvgIpc) is 2.44. The number of hydrogen-bond acceptors (Lipinski definition) is 3.